The minimum Gasteiger partial charge on any atom is -0.381 e. The third kappa shape index (κ3) is 3.76. The van der Waals surface area contributed by atoms with Crippen LogP contribution < -0.4 is 0 Å². The Balaban J connectivity index is 2.21. The van der Waals surface area contributed by atoms with Crippen molar-refractivity contribution in [1.29, 1.82) is 0 Å². The van der Waals surface area contributed by atoms with Crippen molar-refractivity contribution in [3.8, 4) is 0 Å². The van der Waals surface area contributed by atoms with Gasteiger partial charge in [0, 0.05) is 18.1 Å². The lowest BCUT2D eigenvalue weighted by atomic mass is 10.2. The van der Waals surface area contributed by atoms with Gasteiger partial charge in [-0.1, -0.05) is 6.92 Å². The molecule has 2 nitrogen and oxygen atoms in total. The van der Waals surface area contributed by atoms with Crippen LogP contribution >= 0.6 is 11.3 Å². The summed E-state index contributed by atoms with van der Waals surface area (Å²) in [6.45, 7) is 8.09. The van der Waals surface area contributed by atoms with Crippen LogP contribution in [-0.4, -0.2) is 18.2 Å². The number of aryl methyl sites for hydroxylation is 3. The number of hydrogen-bond acceptors (Lipinski definition) is 3. The van der Waals surface area contributed by atoms with E-state index < -0.39 is 0 Å². The van der Waals surface area contributed by atoms with Crippen LogP contribution in [0, 0.1) is 13.8 Å². The number of aromatic nitrogens is 1. The molecule has 3 heteroatoms. The van der Waals surface area contributed by atoms with Crippen molar-refractivity contribution < 1.29 is 4.74 Å². The van der Waals surface area contributed by atoms with E-state index in [1.807, 2.05) is 0 Å². The first kappa shape index (κ1) is 11.7. The Morgan fingerprint density at radius 1 is 1.29 bits per heavy atom. The Kier molecular flexibility index (Phi) is 5.12. The van der Waals surface area contributed by atoms with E-state index in [-0.39, 0.29) is 0 Å². The van der Waals surface area contributed by atoms with Gasteiger partial charge in [0.25, 0.3) is 0 Å². The summed E-state index contributed by atoms with van der Waals surface area (Å²) >= 11 is 1.79. The molecule has 14 heavy (non-hydrogen) atoms. The average molecular weight is 213 g/mol. The molecule has 0 spiro atoms. The Labute approximate surface area is 90.3 Å². The molecule has 80 valence electrons. The molecule has 0 saturated heterocycles. The first-order valence-electron chi connectivity index (χ1n) is 5.24. The fourth-order valence-corrected chi connectivity index (χ4v) is 2.26. The minimum atomic E-state index is 0.865. The number of rotatable bonds is 6. The topological polar surface area (TPSA) is 22.1 Å². The second kappa shape index (κ2) is 6.14. The predicted octanol–water partition coefficient (Wildman–Crippen LogP) is 3.12. The monoisotopic (exact) mass is 213 g/mol. The van der Waals surface area contributed by atoms with Gasteiger partial charge in [-0.3, -0.25) is 0 Å². The largest absolute Gasteiger partial charge is 0.381 e. The number of nitrogens with zero attached hydrogens (tertiary/aromatic N) is 1. The summed E-state index contributed by atoms with van der Waals surface area (Å²) in [5.74, 6) is 0. The van der Waals surface area contributed by atoms with Gasteiger partial charge in [-0.25, -0.2) is 4.98 Å². The van der Waals surface area contributed by atoms with Crippen molar-refractivity contribution in [3.05, 3.63) is 15.6 Å². The lowest BCUT2D eigenvalue weighted by molar-refractivity contribution is 0.132. The average Bonchev–Trinajstić information content (AvgIpc) is 2.45. The molecule has 0 atom stereocenters. The molecule has 1 aromatic heterocycles. The molecule has 1 rings (SSSR count). The van der Waals surface area contributed by atoms with Gasteiger partial charge < -0.3 is 4.74 Å². The Bertz CT molecular complexity index is 270. The summed E-state index contributed by atoms with van der Waals surface area (Å²) in [7, 11) is 0. The summed E-state index contributed by atoms with van der Waals surface area (Å²) in [4.78, 5) is 5.85. The van der Waals surface area contributed by atoms with E-state index in [4.69, 9.17) is 4.74 Å². The van der Waals surface area contributed by atoms with Crippen molar-refractivity contribution in [2.24, 2.45) is 0 Å². The third-order valence-electron chi connectivity index (χ3n) is 2.05. The normalized spacial score (nSPS) is 10.8. The molecular formula is C11H19NOS. The van der Waals surface area contributed by atoms with Crippen molar-refractivity contribution in [1.82, 2.24) is 4.98 Å². The summed E-state index contributed by atoms with van der Waals surface area (Å²) in [5.41, 5.74) is 1.26. The SMILES string of the molecule is CCCOCCCc1nc(C)sc1C. The molecule has 1 aromatic rings. The predicted molar refractivity (Wildman–Crippen MR) is 61.0 cm³/mol. The lowest BCUT2D eigenvalue weighted by Gasteiger charge is -2.01. The van der Waals surface area contributed by atoms with Crippen molar-refractivity contribution in [3.63, 3.8) is 0 Å². The molecule has 0 saturated carbocycles. The number of thiazole rings is 1. The zero-order valence-corrected chi connectivity index (χ0v) is 10.1. The zero-order valence-electron chi connectivity index (χ0n) is 9.30. The maximum atomic E-state index is 5.43. The van der Waals surface area contributed by atoms with Crippen molar-refractivity contribution >= 4 is 11.3 Å². The molecule has 0 aromatic carbocycles. The van der Waals surface area contributed by atoms with E-state index >= 15 is 0 Å². The summed E-state index contributed by atoms with van der Waals surface area (Å²) in [6.07, 6.45) is 3.25. The molecule has 0 radical (unpaired) electrons. The molecule has 0 aliphatic rings. The molecule has 1 heterocycles. The highest BCUT2D eigenvalue weighted by atomic mass is 32.1. The molecule has 0 bridgehead atoms. The van der Waals surface area contributed by atoms with Crippen LogP contribution in [0.5, 0.6) is 0 Å². The molecule has 0 N–H and O–H groups in total. The highest BCUT2D eigenvalue weighted by Crippen LogP contribution is 2.17. The maximum absolute atomic E-state index is 5.43. The van der Waals surface area contributed by atoms with E-state index in [9.17, 15) is 0 Å². The Morgan fingerprint density at radius 2 is 2.07 bits per heavy atom. The highest BCUT2D eigenvalue weighted by Gasteiger charge is 2.03. The maximum Gasteiger partial charge on any atom is 0.0900 e. The fraction of sp³-hybridized carbons (Fsp3) is 0.727. The van der Waals surface area contributed by atoms with Gasteiger partial charge in [0.1, 0.15) is 0 Å². The fourth-order valence-electron chi connectivity index (χ4n) is 1.39. The second-order valence-corrected chi connectivity index (χ2v) is 4.86. The van der Waals surface area contributed by atoms with Crippen molar-refractivity contribution in [2.45, 2.75) is 40.0 Å². The van der Waals surface area contributed by atoms with Crippen LogP contribution in [0.25, 0.3) is 0 Å². The minimum absolute atomic E-state index is 0.865. The van der Waals surface area contributed by atoms with E-state index in [1.54, 1.807) is 11.3 Å². The standard InChI is InChI=1S/C11H19NOS/c1-4-7-13-8-5-6-11-9(2)14-10(3)12-11/h4-8H2,1-3H3. The number of ether oxygens (including phenoxy) is 1. The summed E-state index contributed by atoms with van der Waals surface area (Å²) in [6, 6.07) is 0. The zero-order chi connectivity index (χ0) is 10.4. The van der Waals surface area contributed by atoms with Gasteiger partial charge in [0.15, 0.2) is 0 Å². The van der Waals surface area contributed by atoms with Crippen LogP contribution in [0.4, 0.5) is 0 Å². The van der Waals surface area contributed by atoms with E-state index in [1.165, 1.54) is 15.6 Å². The Morgan fingerprint density at radius 3 is 2.64 bits per heavy atom. The van der Waals surface area contributed by atoms with Crippen LogP contribution in [0.15, 0.2) is 0 Å². The van der Waals surface area contributed by atoms with Gasteiger partial charge in [-0.2, -0.15) is 0 Å². The third-order valence-corrected chi connectivity index (χ3v) is 2.98. The summed E-state index contributed by atoms with van der Waals surface area (Å²) < 4.78 is 5.43. The van der Waals surface area contributed by atoms with Gasteiger partial charge in [0.2, 0.25) is 0 Å². The first-order valence-corrected chi connectivity index (χ1v) is 6.06. The number of hydrogen-bond donors (Lipinski definition) is 0. The Hall–Kier alpha value is -0.410. The van der Waals surface area contributed by atoms with Crippen LogP contribution in [-0.2, 0) is 11.2 Å². The van der Waals surface area contributed by atoms with E-state index in [0.717, 1.165) is 32.5 Å². The summed E-state index contributed by atoms with van der Waals surface area (Å²) in [5, 5.41) is 1.17. The van der Waals surface area contributed by atoms with Gasteiger partial charge >= 0.3 is 0 Å². The van der Waals surface area contributed by atoms with Gasteiger partial charge in [-0.15, -0.1) is 11.3 Å². The van der Waals surface area contributed by atoms with Crippen LogP contribution in [0.2, 0.25) is 0 Å². The molecule has 0 aliphatic heterocycles. The smallest absolute Gasteiger partial charge is 0.0900 e. The molecule has 0 amide bonds. The quantitative estimate of drug-likeness (QED) is 0.677. The first-order chi connectivity index (χ1) is 6.74. The lowest BCUT2D eigenvalue weighted by Crippen LogP contribution is -1.98. The van der Waals surface area contributed by atoms with E-state index in [0.29, 0.717) is 0 Å². The van der Waals surface area contributed by atoms with Crippen molar-refractivity contribution in [2.75, 3.05) is 13.2 Å². The molecule has 0 unspecified atom stereocenters. The second-order valence-electron chi connectivity index (χ2n) is 3.45. The van der Waals surface area contributed by atoms with Crippen LogP contribution in [0.3, 0.4) is 0 Å². The molecule has 0 fully saturated rings. The van der Waals surface area contributed by atoms with Gasteiger partial charge in [-0.05, 0) is 33.1 Å². The molecule has 0 aliphatic carbocycles. The van der Waals surface area contributed by atoms with E-state index in [2.05, 4.69) is 25.8 Å². The van der Waals surface area contributed by atoms with Crippen LogP contribution in [0.1, 0.15) is 35.3 Å². The molecular weight excluding hydrogens is 194 g/mol. The highest BCUT2D eigenvalue weighted by molar-refractivity contribution is 7.11. The van der Waals surface area contributed by atoms with Gasteiger partial charge in [0.05, 0.1) is 10.7 Å².